The third-order valence-electron chi connectivity index (χ3n) is 6.26. The van der Waals surface area contributed by atoms with Gasteiger partial charge in [0.05, 0.1) is 6.10 Å². The fourth-order valence-electron chi connectivity index (χ4n) is 4.88. The summed E-state index contributed by atoms with van der Waals surface area (Å²) in [5.74, 6) is -0.280. The maximum atomic E-state index is 13.5. The number of aliphatic hydroxyl groups excluding tert-OH is 1. The molecule has 2 saturated heterocycles. The minimum Gasteiger partial charge on any atom is -0.386 e. The molecule has 132 valence electrons. The Morgan fingerprint density at radius 1 is 1.00 bits per heavy atom. The van der Waals surface area contributed by atoms with Crippen molar-refractivity contribution in [1.82, 2.24) is 5.32 Å². The van der Waals surface area contributed by atoms with Crippen LogP contribution in [0.15, 0.2) is 54.6 Å². The van der Waals surface area contributed by atoms with Gasteiger partial charge in [-0.15, -0.1) is 0 Å². The second-order valence-corrected chi connectivity index (χ2v) is 7.86. The molecule has 0 aliphatic carbocycles. The molecule has 0 spiro atoms. The van der Waals surface area contributed by atoms with Gasteiger partial charge in [-0.1, -0.05) is 42.5 Å². The van der Waals surface area contributed by atoms with Gasteiger partial charge < -0.3 is 10.4 Å². The Morgan fingerprint density at radius 3 is 2.48 bits per heavy atom. The first-order valence-corrected chi connectivity index (χ1v) is 9.38. The summed E-state index contributed by atoms with van der Waals surface area (Å²) >= 11 is 0. The topological polar surface area (TPSA) is 32.3 Å². The lowest BCUT2D eigenvalue weighted by Crippen LogP contribution is -2.46. The van der Waals surface area contributed by atoms with E-state index in [1.165, 1.54) is 17.7 Å². The largest absolute Gasteiger partial charge is 0.386 e. The summed E-state index contributed by atoms with van der Waals surface area (Å²) in [6, 6.07) is 17.0. The predicted octanol–water partition coefficient (Wildman–Crippen LogP) is 4.54. The van der Waals surface area contributed by atoms with E-state index in [4.69, 9.17) is 0 Å². The standard InChI is InChI=1S/C22H26FNO/c23-19-10-4-9-18(16-19)20(25)22-14-12-21(24-22,13-15-22)11-5-8-17-6-2-1-3-7-17/h1-4,6-7,9-10,16,20,24-25H,5,8,11-15H2/t20-,21?,22?/m1/s1. The van der Waals surface area contributed by atoms with Crippen molar-refractivity contribution in [1.29, 1.82) is 0 Å². The maximum absolute atomic E-state index is 13.5. The Hall–Kier alpha value is -1.71. The van der Waals surface area contributed by atoms with Crippen LogP contribution in [0.2, 0.25) is 0 Å². The second-order valence-electron chi connectivity index (χ2n) is 7.86. The van der Waals surface area contributed by atoms with Gasteiger partial charge in [0.1, 0.15) is 5.82 Å². The zero-order valence-electron chi connectivity index (χ0n) is 14.5. The smallest absolute Gasteiger partial charge is 0.123 e. The molecule has 0 saturated carbocycles. The molecule has 2 heterocycles. The van der Waals surface area contributed by atoms with Gasteiger partial charge in [-0.3, -0.25) is 0 Å². The van der Waals surface area contributed by atoms with E-state index in [1.54, 1.807) is 6.07 Å². The first-order chi connectivity index (χ1) is 12.1. The molecule has 2 aromatic carbocycles. The van der Waals surface area contributed by atoms with Crippen LogP contribution >= 0.6 is 0 Å². The fourth-order valence-corrected chi connectivity index (χ4v) is 4.88. The number of rotatable bonds is 6. The van der Waals surface area contributed by atoms with Crippen molar-refractivity contribution in [2.24, 2.45) is 0 Å². The highest BCUT2D eigenvalue weighted by molar-refractivity contribution is 5.27. The highest BCUT2D eigenvalue weighted by Crippen LogP contribution is 2.52. The van der Waals surface area contributed by atoms with E-state index in [1.807, 2.05) is 6.07 Å². The van der Waals surface area contributed by atoms with E-state index in [0.29, 0.717) is 5.56 Å². The van der Waals surface area contributed by atoms with Crippen molar-refractivity contribution in [3.05, 3.63) is 71.5 Å². The average molecular weight is 339 g/mol. The lowest BCUT2D eigenvalue weighted by atomic mass is 9.76. The molecule has 2 aliphatic rings. The number of hydrogen-bond donors (Lipinski definition) is 2. The monoisotopic (exact) mass is 339 g/mol. The summed E-state index contributed by atoms with van der Waals surface area (Å²) in [6.07, 6.45) is 6.91. The summed E-state index contributed by atoms with van der Waals surface area (Å²) < 4.78 is 13.5. The Morgan fingerprint density at radius 2 is 1.76 bits per heavy atom. The minimum atomic E-state index is -0.637. The van der Waals surface area contributed by atoms with Gasteiger partial charge in [0.2, 0.25) is 0 Å². The van der Waals surface area contributed by atoms with E-state index in [0.717, 1.165) is 44.9 Å². The van der Waals surface area contributed by atoms with Gasteiger partial charge >= 0.3 is 0 Å². The summed E-state index contributed by atoms with van der Waals surface area (Å²) in [4.78, 5) is 0. The molecule has 25 heavy (non-hydrogen) atoms. The SMILES string of the molecule is O[C@H](c1cccc(F)c1)C12CCC(CCCc3ccccc3)(CC1)N2. The highest BCUT2D eigenvalue weighted by atomic mass is 19.1. The third kappa shape index (κ3) is 3.23. The Labute approximate surface area is 149 Å². The first kappa shape index (κ1) is 16.7. The zero-order valence-corrected chi connectivity index (χ0v) is 14.5. The number of aliphatic hydroxyl groups is 1. The van der Waals surface area contributed by atoms with Crippen molar-refractivity contribution in [2.45, 2.75) is 62.1 Å². The van der Waals surface area contributed by atoms with Crippen LogP contribution in [0.1, 0.15) is 55.8 Å². The summed E-state index contributed by atoms with van der Waals surface area (Å²) in [5.41, 5.74) is 1.96. The molecule has 4 rings (SSSR count). The van der Waals surface area contributed by atoms with Crippen molar-refractivity contribution >= 4 is 0 Å². The molecule has 0 amide bonds. The number of benzene rings is 2. The maximum Gasteiger partial charge on any atom is 0.123 e. The van der Waals surface area contributed by atoms with Crippen molar-refractivity contribution < 1.29 is 9.50 Å². The molecular formula is C22H26FNO. The van der Waals surface area contributed by atoms with Crippen LogP contribution in [-0.4, -0.2) is 16.2 Å². The molecule has 0 radical (unpaired) electrons. The van der Waals surface area contributed by atoms with Gasteiger partial charge in [0.25, 0.3) is 0 Å². The van der Waals surface area contributed by atoms with Gasteiger partial charge in [-0.05, 0) is 68.2 Å². The van der Waals surface area contributed by atoms with Crippen molar-refractivity contribution in [3.8, 4) is 0 Å². The van der Waals surface area contributed by atoms with Crippen LogP contribution in [0.4, 0.5) is 4.39 Å². The summed E-state index contributed by atoms with van der Waals surface area (Å²) in [5, 5.41) is 14.7. The Kier molecular flexibility index (Phi) is 4.38. The van der Waals surface area contributed by atoms with E-state index >= 15 is 0 Å². The summed E-state index contributed by atoms with van der Waals surface area (Å²) in [7, 11) is 0. The first-order valence-electron chi connectivity index (χ1n) is 9.38. The molecule has 2 nitrogen and oxygen atoms in total. The van der Waals surface area contributed by atoms with Gasteiger partial charge in [0.15, 0.2) is 0 Å². The molecule has 0 aromatic heterocycles. The Balaban J connectivity index is 1.40. The van der Waals surface area contributed by atoms with Crippen LogP contribution in [0, 0.1) is 5.82 Å². The average Bonchev–Trinajstić information content (AvgIpc) is 3.19. The van der Waals surface area contributed by atoms with Gasteiger partial charge in [-0.2, -0.15) is 0 Å². The van der Waals surface area contributed by atoms with E-state index in [9.17, 15) is 9.50 Å². The van der Waals surface area contributed by atoms with Gasteiger partial charge in [-0.25, -0.2) is 4.39 Å². The molecule has 3 heteroatoms. The van der Waals surface area contributed by atoms with Crippen molar-refractivity contribution in [3.63, 3.8) is 0 Å². The molecule has 2 aromatic rings. The predicted molar refractivity (Wildman–Crippen MR) is 97.8 cm³/mol. The van der Waals surface area contributed by atoms with Crippen LogP contribution in [0.5, 0.6) is 0 Å². The van der Waals surface area contributed by atoms with E-state index in [2.05, 4.69) is 35.6 Å². The van der Waals surface area contributed by atoms with Crippen LogP contribution < -0.4 is 5.32 Å². The van der Waals surface area contributed by atoms with E-state index < -0.39 is 6.10 Å². The molecule has 2 N–H and O–H groups in total. The molecule has 2 bridgehead atoms. The second kappa shape index (κ2) is 6.54. The molecule has 2 aliphatic heterocycles. The zero-order chi connectivity index (χ0) is 17.3. The minimum absolute atomic E-state index is 0.156. The molecule has 0 unspecified atom stereocenters. The number of nitrogens with one attached hydrogen (secondary N) is 1. The lowest BCUT2D eigenvalue weighted by Gasteiger charge is -2.32. The number of hydrogen-bond acceptors (Lipinski definition) is 2. The number of aryl methyl sites for hydroxylation is 1. The lowest BCUT2D eigenvalue weighted by molar-refractivity contribution is 0.0733. The van der Waals surface area contributed by atoms with Crippen LogP contribution in [-0.2, 0) is 6.42 Å². The van der Waals surface area contributed by atoms with Crippen molar-refractivity contribution in [2.75, 3.05) is 0 Å². The van der Waals surface area contributed by atoms with Crippen LogP contribution in [0.25, 0.3) is 0 Å². The molecular weight excluding hydrogens is 313 g/mol. The van der Waals surface area contributed by atoms with E-state index in [-0.39, 0.29) is 16.9 Å². The molecule has 2 fully saturated rings. The fraction of sp³-hybridized carbons (Fsp3) is 0.455. The third-order valence-corrected chi connectivity index (χ3v) is 6.26. The Bertz CT molecular complexity index is 722. The number of fused-ring (bicyclic) bond motifs is 2. The summed E-state index contributed by atoms with van der Waals surface area (Å²) in [6.45, 7) is 0. The quantitative estimate of drug-likeness (QED) is 0.810. The molecule has 1 atom stereocenters. The van der Waals surface area contributed by atoms with Crippen LogP contribution in [0.3, 0.4) is 0 Å². The van der Waals surface area contributed by atoms with Gasteiger partial charge in [0, 0.05) is 11.1 Å². The number of halogens is 1. The normalized spacial score (nSPS) is 29.0. The highest BCUT2D eigenvalue weighted by Gasteiger charge is 2.56.